The van der Waals surface area contributed by atoms with Crippen molar-refractivity contribution in [2.24, 2.45) is 0 Å². The van der Waals surface area contributed by atoms with Gasteiger partial charge in [0.15, 0.2) is 0 Å². The Kier molecular flexibility index (Phi) is 5.20. The molecular weight excluding hydrogens is 430 g/mol. The van der Waals surface area contributed by atoms with Gasteiger partial charge in [0.2, 0.25) is 11.7 Å². The van der Waals surface area contributed by atoms with E-state index >= 15 is 0 Å². The Bertz CT molecular complexity index is 1440. The van der Waals surface area contributed by atoms with Crippen molar-refractivity contribution in [2.75, 3.05) is 6.61 Å². The van der Waals surface area contributed by atoms with Crippen molar-refractivity contribution in [1.82, 2.24) is 24.3 Å². The molecule has 0 aliphatic rings. The summed E-state index contributed by atoms with van der Waals surface area (Å²) >= 11 is 5.92. The van der Waals surface area contributed by atoms with E-state index in [-0.39, 0.29) is 12.1 Å². The third kappa shape index (κ3) is 3.88. The third-order valence-electron chi connectivity index (χ3n) is 4.94. The maximum absolute atomic E-state index is 13.0. The fourth-order valence-corrected chi connectivity index (χ4v) is 3.49. The Morgan fingerprint density at radius 1 is 1.03 bits per heavy atom. The van der Waals surface area contributed by atoms with Crippen LogP contribution in [-0.4, -0.2) is 30.9 Å². The topological polar surface area (TPSA) is 87.5 Å². The van der Waals surface area contributed by atoms with E-state index in [2.05, 4.69) is 15.2 Å². The van der Waals surface area contributed by atoms with Crippen molar-refractivity contribution < 1.29 is 9.26 Å². The summed E-state index contributed by atoms with van der Waals surface area (Å²) in [5, 5.41) is 9.14. The van der Waals surface area contributed by atoms with Crippen LogP contribution in [0.5, 0.6) is 5.75 Å². The number of ether oxygens (including phenoxy) is 1. The number of hydrogen-bond donors (Lipinski definition) is 0. The summed E-state index contributed by atoms with van der Waals surface area (Å²) in [7, 11) is 0. The van der Waals surface area contributed by atoms with Crippen molar-refractivity contribution in [2.45, 2.75) is 13.5 Å². The Labute approximate surface area is 187 Å². The van der Waals surface area contributed by atoms with Gasteiger partial charge in [-0.3, -0.25) is 4.79 Å². The normalized spacial score (nSPS) is 11.2. The van der Waals surface area contributed by atoms with Gasteiger partial charge in [0.05, 0.1) is 12.3 Å². The van der Waals surface area contributed by atoms with E-state index in [1.807, 2.05) is 43.3 Å². The molecule has 5 aromatic rings. The van der Waals surface area contributed by atoms with Crippen LogP contribution in [0, 0.1) is 0 Å². The second-order valence-corrected chi connectivity index (χ2v) is 7.50. The second-order valence-electron chi connectivity index (χ2n) is 7.07. The maximum Gasteiger partial charge on any atom is 0.277 e. The molecule has 0 atom stereocenters. The molecule has 0 radical (unpaired) electrons. The van der Waals surface area contributed by atoms with Crippen LogP contribution in [0.1, 0.15) is 12.8 Å². The molecule has 3 heterocycles. The first-order chi connectivity index (χ1) is 15.6. The molecule has 0 amide bonds. The molecule has 9 heteroatoms. The summed E-state index contributed by atoms with van der Waals surface area (Å²) in [5.74, 6) is 1.56. The van der Waals surface area contributed by atoms with Crippen LogP contribution < -0.4 is 10.3 Å². The third-order valence-corrected chi connectivity index (χ3v) is 5.19. The Balaban J connectivity index is 1.41. The molecule has 0 bridgehead atoms. The average molecular weight is 448 g/mol. The number of rotatable bonds is 6. The number of halogens is 1. The van der Waals surface area contributed by atoms with Gasteiger partial charge in [0, 0.05) is 28.5 Å². The molecule has 0 saturated carbocycles. The van der Waals surface area contributed by atoms with E-state index in [0.29, 0.717) is 34.6 Å². The SMILES string of the molecule is CCOc1ccc(-c2cc3c(=O)n(Cc4nc(-c5ccc(Cl)cc5)no4)ccn3n2)cc1. The largest absolute Gasteiger partial charge is 0.494 e. The van der Waals surface area contributed by atoms with Crippen LogP contribution >= 0.6 is 11.6 Å². The molecular formula is C23H18ClN5O3. The summed E-state index contributed by atoms with van der Waals surface area (Å²) in [4.78, 5) is 17.4. The predicted molar refractivity (Wildman–Crippen MR) is 120 cm³/mol. The lowest BCUT2D eigenvalue weighted by Gasteiger charge is -2.02. The van der Waals surface area contributed by atoms with Gasteiger partial charge in [-0.2, -0.15) is 10.1 Å². The van der Waals surface area contributed by atoms with Gasteiger partial charge in [-0.25, -0.2) is 4.52 Å². The second kappa shape index (κ2) is 8.32. The molecule has 0 spiro atoms. The highest BCUT2D eigenvalue weighted by atomic mass is 35.5. The summed E-state index contributed by atoms with van der Waals surface area (Å²) in [6.07, 6.45) is 3.38. The van der Waals surface area contributed by atoms with E-state index in [0.717, 1.165) is 16.9 Å². The molecule has 0 aliphatic heterocycles. The zero-order valence-corrected chi connectivity index (χ0v) is 17.9. The molecule has 0 unspecified atom stereocenters. The van der Waals surface area contributed by atoms with E-state index in [1.54, 1.807) is 35.1 Å². The lowest BCUT2D eigenvalue weighted by molar-refractivity contribution is 0.340. The van der Waals surface area contributed by atoms with Crippen LogP contribution in [0.2, 0.25) is 5.02 Å². The number of aromatic nitrogens is 5. The number of hydrogen-bond acceptors (Lipinski definition) is 6. The fraction of sp³-hybridized carbons (Fsp3) is 0.130. The van der Waals surface area contributed by atoms with Gasteiger partial charge in [-0.05, 0) is 61.5 Å². The minimum atomic E-state index is -0.205. The van der Waals surface area contributed by atoms with Crippen molar-refractivity contribution in [1.29, 1.82) is 0 Å². The van der Waals surface area contributed by atoms with Gasteiger partial charge in [0.1, 0.15) is 17.8 Å². The zero-order chi connectivity index (χ0) is 22.1. The molecule has 160 valence electrons. The Hall–Kier alpha value is -3.91. The van der Waals surface area contributed by atoms with Crippen LogP contribution in [0.15, 0.2) is 76.3 Å². The monoisotopic (exact) mass is 447 g/mol. The molecule has 5 rings (SSSR count). The molecule has 2 aromatic carbocycles. The minimum Gasteiger partial charge on any atom is -0.494 e. The summed E-state index contributed by atoms with van der Waals surface area (Å²) in [6.45, 7) is 2.70. The van der Waals surface area contributed by atoms with Crippen molar-refractivity contribution in [3.8, 4) is 28.4 Å². The van der Waals surface area contributed by atoms with Crippen molar-refractivity contribution in [3.05, 3.63) is 88.3 Å². The predicted octanol–water partition coefficient (Wildman–Crippen LogP) is 4.31. The first-order valence-electron chi connectivity index (χ1n) is 10.0. The Morgan fingerprint density at radius 2 is 1.78 bits per heavy atom. The minimum absolute atomic E-state index is 0.152. The van der Waals surface area contributed by atoms with Crippen LogP contribution in [0.25, 0.3) is 28.2 Å². The van der Waals surface area contributed by atoms with E-state index in [4.69, 9.17) is 20.9 Å². The van der Waals surface area contributed by atoms with Gasteiger partial charge >= 0.3 is 0 Å². The first-order valence-corrected chi connectivity index (χ1v) is 10.4. The molecule has 3 aromatic heterocycles. The van der Waals surface area contributed by atoms with E-state index in [1.165, 1.54) is 4.57 Å². The number of benzene rings is 2. The first kappa shape index (κ1) is 20.0. The van der Waals surface area contributed by atoms with Gasteiger partial charge in [-0.1, -0.05) is 16.8 Å². The highest BCUT2D eigenvalue weighted by Gasteiger charge is 2.13. The highest BCUT2D eigenvalue weighted by Crippen LogP contribution is 2.22. The Morgan fingerprint density at radius 3 is 2.53 bits per heavy atom. The van der Waals surface area contributed by atoms with Gasteiger partial charge in [0.25, 0.3) is 5.56 Å². The number of nitrogens with zero attached hydrogens (tertiary/aromatic N) is 5. The molecule has 0 N–H and O–H groups in total. The summed E-state index contributed by atoms with van der Waals surface area (Å²) in [5.41, 5.74) is 2.62. The standard InChI is InChI=1S/C23H18ClN5O3/c1-2-31-18-9-5-15(6-10-18)19-13-20-23(30)28(11-12-29(20)26-19)14-21-25-22(27-32-21)16-3-7-17(24)8-4-16/h3-13H,2,14H2,1H3. The lowest BCUT2D eigenvalue weighted by Crippen LogP contribution is -2.21. The molecule has 0 aliphatic carbocycles. The maximum atomic E-state index is 13.0. The summed E-state index contributed by atoms with van der Waals surface area (Å²) < 4.78 is 13.9. The van der Waals surface area contributed by atoms with Crippen molar-refractivity contribution >= 4 is 17.1 Å². The van der Waals surface area contributed by atoms with Gasteiger partial charge in [-0.15, -0.1) is 0 Å². The lowest BCUT2D eigenvalue weighted by atomic mass is 10.1. The van der Waals surface area contributed by atoms with Crippen LogP contribution in [-0.2, 0) is 6.54 Å². The molecule has 0 fully saturated rings. The van der Waals surface area contributed by atoms with E-state index < -0.39 is 0 Å². The van der Waals surface area contributed by atoms with Crippen LogP contribution in [0.3, 0.4) is 0 Å². The molecule has 8 nitrogen and oxygen atoms in total. The highest BCUT2D eigenvalue weighted by molar-refractivity contribution is 6.30. The molecule has 0 saturated heterocycles. The fourth-order valence-electron chi connectivity index (χ4n) is 3.36. The number of fused-ring (bicyclic) bond motifs is 1. The zero-order valence-electron chi connectivity index (χ0n) is 17.1. The quantitative estimate of drug-likeness (QED) is 0.385. The van der Waals surface area contributed by atoms with E-state index in [9.17, 15) is 4.79 Å². The van der Waals surface area contributed by atoms with Crippen molar-refractivity contribution in [3.63, 3.8) is 0 Å². The molecule has 32 heavy (non-hydrogen) atoms. The van der Waals surface area contributed by atoms with Crippen LogP contribution in [0.4, 0.5) is 0 Å². The smallest absolute Gasteiger partial charge is 0.277 e. The summed E-state index contributed by atoms with van der Waals surface area (Å²) in [6, 6.07) is 16.5. The van der Waals surface area contributed by atoms with Gasteiger partial charge < -0.3 is 13.8 Å². The average Bonchev–Trinajstić information content (AvgIpc) is 3.45.